The number of carbonyl (C=O) groups excluding carboxylic acids is 1. The van der Waals surface area contributed by atoms with Gasteiger partial charge in [0.05, 0.1) is 6.04 Å². The second-order valence-corrected chi connectivity index (χ2v) is 5.89. The Morgan fingerprint density at radius 2 is 2.33 bits per heavy atom. The second kappa shape index (κ2) is 5.02. The first-order chi connectivity index (χ1) is 8.75. The van der Waals surface area contributed by atoms with E-state index in [1.165, 1.54) is 11.1 Å². The predicted molar refractivity (Wildman–Crippen MR) is 74.3 cm³/mol. The van der Waals surface area contributed by atoms with Crippen LogP contribution < -0.4 is 5.32 Å². The molecule has 1 aromatic carbocycles. The van der Waals surface area contributed by atoms with Gasteiger partial charge >= 0.3 is 0 Å². The van der Waals surface area contributed by atoms with E-state index in [0.717, 1.165) is 43.4 Å². The molecular formula is C14H17BrN2O. The van der Waals surface area contributed by atoms with E-state index < -0.39 is 0 Å². The van der Waals surface area contributed by atoms with Crippen LogP contribution in [0.25, 0.3) is 0 Å². The predicted octanol–water partition coefficient (Wildman–Crippen LogP) is 2.09. The van der Waals surface area contributed by atoms with Crippen LogP contribution >= 0.6 is 15.9 Å². The van der Waals surface area contributed by atoms with Gasteiger partial charge in [-0.2, -0.15) is 0 Å². The summed E-state index contributed by atoms with van der Waals surface area (Å²) >= 11 is 3.59. The van der Waals surface area contributed by atoms with E-state index in [2.05, 4.69) is 39.4 Å². The number of hydrogen-bond acceptors (Lipinski definition) is 2. The minimum Gasteiger partial charge on any atom is -0.337 e. The van der Waals surface area contributed by atoms with Crippen LogP contribution in [0.15, 0.2) is 22.7 Å². The number of halogens is 1. The van der Waals surface area contributed by atoms with Crippen molar-refractivity contribution in [2.24, 2.45) is 0 Å². The summed E-state index contributed by atoms with van der Waals surface area (Å²) in [6.07, 6.45) is 3.07. The third kappa shape index (κ3) is 2.19. The van der Waals surface area contributed by atoms with Crippen LogP contribution in [-0.2, 0) is 17.8 Å². The van der Waals surface area contributed by atoms with Gasteiger partial charge < -0.3 is 10.2 Å². The smallest absolute Gasteiger partial charge is 0.240 e. The summed E-state index contributed by atoms with van der Waals surface area (Å²) in [7, 11) is 0. The van der Waals surface area contributed by atoms with Crippen molar-refractivity contribution >= 4 is 21.8 Å². The van der Waals surface area contributed by atoms with Gasteiger partial charge in [0.2, 0.25) is 5.91 Å². The summed E-state index contributed by atoms with van der Waals surface area (Å²) in [6.45, 7) is 2.57. The average Bonchev–Trinajstić information content (AvgIpc) is 2.92. The zero-order valence-corrected chi connectivity index (χ0v) is 11.9. The van der Waals surface area contributed by atoms with E-state index in [0.29, 0.717) is 0 Å². The minimum atomic E-state index is 0.0500. The van der Waals surface area contributed by atoms with E-state index >= 15 is 0 Å². The van der Waals surface area contributed by atoms with Crippen LogP contribution in [0.4, 0.5) is 0 Å². The Labute approximate surface area is 116 Å². The SMILES string of the molecule is O=C(C1CCCN1)N1CCc2cccc(Br)c2C1. The largest absolute Gasteiger partial charge is 0.337 e. The summed E-state index contributed by atoms with van der Waals surface area (Å²) in [5, 5.41) is 3.29. The molecule has 1 aromatic rings. The van der Waals surface area contributed by atoms with Crippen LogP contribution in [0.1, 0.15) is 24.0 Å². The summed E-state index contributed by atoms with van der Waals surface area (Å²) in [5.41, 5.74) is 2.64. The van der Waals surface area contributed by atoms with E-state index in [9.17, 15) is 4.79 Å². The maximum absolute atomic E-state index is 12.4. The van der Waals surface area contributed by atoms with Crippen molar-refractivity contribution in [3.8, 4) is 0 Å². The Morgan fingerprint density at radius 1 is 1.44 bits per heavy atom. The van der Waals surface area contributed by atoms with Gasteiger partial charge in [0.25, 0.3) is 0 Å². The van der Waals surface area contributed by atoms with Gasteiger partial charge in [0.15, 0.2) is 0 Å². The van der Waals surface area contributed by atoms with Crippen LogP contribution in [0, 0.1) is 0 Å². The summed E-state index contributed by atoms with van der Waals surface area (Å²) < 4.78 is 1.12. The van der Waals surface area contributed by atoms with E-state index in [4.69, 9.17) is 0 Å². The van der Waals surface area contributed by atoms with Gasteiger partial charge in [0.1, 0.15) is 0 Å². The standard InChI is InChI=1S/C14H17BrN2O/c15-12-4-1-3-10-6-8-17(9-11(10)12)14(18)13-5-2-7-16-13/h1,3-4,13,16H,2,5-9H2. The zero-order chi connectivity index (χ0) is 12.5. The van der Waals surface area contributed by atoms with Gasteiger partial charge in [-0.1, -0.05) is 28.1 Å². The van der Waals surface area contributed by atoms with Gasteiger partial charge in [-0.3, -0.25) is 4.79 Å². The Morgan fingerprint density at radius 3 is 3.11 bits per heavy atom. The van der Waals surface area contributed by atoms with Crippen molar-refractivity contribution in [1.82, 2.24) is 10.2 Å². The highest BCUT2D eigenvalue weighted by Gasteiger charge is 2.29. The number of benzene rings is 1. The third-order valence-electron chi connectivity index (χ3n) is 3.89. The molecular weight excluding hydrogens is 292 g/mol. The molecule has 1 amide bonds. The van der Waals surface area contributed by atoms with Crippen molar-refractivity contribution in [3.63, 3.8) is 0 Å². The van der Waals surface area contributed by atoms with Crippen molar-refractivity contribution in [2.45, 2.75) is 31.8 Å². The van der Waals surface area contributed by atoms with E-state index in [-0.39, 0.29) is 11.9 Å². The number of rotatable bonds is 1. The van der Waals surface area contributed by atoms with Crippen LogP contribution in [0.2, 0.25) is 0 Å². The highest BCUT2D eigenvalue weighted by atomic mass is 79.9. The highest BCUT2D eigenvalue weighted by Crippen LogP contribution is 2.27. The van der Waals surface area contributed by atoms with Gasteiger partial charge in [-0.25, -0.2) is 0 Å². The number of amides is 1. The van der Waals surface area contributed by atoms with Crippen LogP contribution in [-0.4, -0.2) is 29.9 Å². The molecule has 2 aliphatic rings. The number of fused-ring (bicyclic) bond motifs is 1. The Balaban J connectivity index is 1.78. The molecule has 4 heteroatoms. The minimum absolute atomic E-state index is 0.0500. The van der Waals surface area contributed by atoms with Crippen molar-refractivity contribution in [1.29, 1.82) is 0 Å². The molecule has 2 heterocycles. The van der Waals surface area contributed by atoms with Crippen LogP contribution in [0.5, 0.6) is 0 Å². The maximum atomic E-state index is 12.4. The van der Waals surface area contributed by atoms with E-state index in [1.54, 1.807) is 0 Å². The van der Waals surface area contributed by atoms with Crippen molar-refractivity contribution < 1.29 is 4.79 Å². The Hall–Kier alpha value is -0.870. The molecule has 2 aliphatic heterocycles. The quantitative estimate of drug-likeness (QED) is 0.861. The fraction of sp³-hybridized carbons (Fsp3) is 0.500. The summed E-state index contributed by atoms with van der Waals surface area (Å²) in [6, 6.07) is 6.34. The molecule has 0 spiro atoms. The molecule has 0 saturated carbocycles. The summed E-state index contributed by atoms with van der Waals surface area (Å²) in [4.78, 5) is 14.4. The zero-order valence-electron chi connectivity index (χ0n) is 10.3. The number of nitrogens with zero attached hydrogens (tertiary/aromatic N) is 1. The summed E-state index contributed by atoms with van der Waals surface area (Å²) in [5.74, 6) is 0.272. The molecule has 1 unspecified atom stereocenters. The molecule has 0 bridgehead atoms. The lowest BCUT2D eigenvalue weighted by atomic mass is 9.99. The molecule has 0 aromatic heterocycles. The normalized spacial score (nSPS) is 22.9. The molecule has 1 N–H and O–H groups in total. The first kappa shape index (κ1) is 12.2. The van der Waals surface area contributed by atoms with Crippen molar-refractivity contribution in [2.75, 3.05) is 13.1 Å². The number of nitrogens with one attached hydrogen (secondary N) is 1. The third-order valence-corrected chi connectivity index (χ3v) is 4.63. The molecule has 1 fully saturated rings. The first-order valence-corrected chi connectivity index (χ1v) is 7.33. The molecule has 3 nitrogen and oxygen atoms in total. The second-order valence-electron chi connectivity index (χ2n) is 5.04. The van der Waals surface area contributed by atoms with Gasteiger partial charge in [-0.15, -0.1) is 0 Å². The lowest BCUT2D eigenvalue weighted by molar-refractivity contribution is -0.134. The van der Waals surface area contributed by atoms with Crippen LogP contribution in [0.3, 0.4) is 0 Å². The molecule has 1 atom stereocenters. The Kier molecular flexibility index (Phi) is 3.39. The molecule has 0 radical (unpaired) electrons. The maximum Gasteiger partial charge on any atom is 0.240 e. The Bertz CT molecular complexity index is 469. The average molecular weight is 309 g/mol. The number of carbonyl (C=O) groups is 1. The molecule has 96 valence electrons. The first-order valence-electron chi connectivity index (χ1n) is 6.54. The highest BCUT2D eigenvalue weighted by molar-refractivity contribution is 9.10. The lowest BCUT2D eigenvalue weighted by Gasteiger charge is -2.31. The van der Waals surface area contributed by atoms with Crippen molar-refractivity contribution in [3.05, 3.63) is 33.8 Å². The molecule has 0 aliphatic carbocycles. The van der Waals surface area contributed by atoms with Gasteiger partial charge in [-0.05, 0) is 43.0 Å². The number of hydrogen-bond donors (Lipinski definition) is 1. The fourth-order valence-electron chi connectivity index (χ4n) is 2.84. The fourth-order valence-corrected chi connectivity index (χ4v) is 3.38. The topological polar surface area (TPSA) is 32.3 Å². The monoisotopic (exact) mass is 308 g/mol. The molecule has 3 rings (SSSR count). The lowest BCUT2D eigenvalue weighted by Crippen LogP contribution is -2.45. The molecule has 1 saturated heterocycles. The van der Waals surface area contributed by atoms with E-state index in [1.807, 2.05) is 4.90 Å². The van der Waals surface area contributed by atoms with Gasteiger partial charge in [0, 0.05) is 17.6 Å². The molecule has 18 heavy (non-hydrogen) atoms.